The van der Waals surface area contributed by atoms with Gasteiger partial charge in [-0.1, -0.05) is 17.8 Å². The molecule has 194 valence electrons. The van der Waals surface area contributed by atoms with Gasteiger partial charge in [-0.25, -0.2) is 0 Å². The van der Waals surface area contributed by atoms with Gasteiger partial charge in [-0.2, -0.15) is 5.10 Å². The highest BCUT2D eigenvalue weighted by atomic mass is 32.1. The normalized spacial score (nSPS) is 26.6. The Balaban J connectivity index is 0.946. The first-order valence-corrected chi connectivity index (χ1v) is 14.2. The molecule has 0 unspecified atom stereocenters. The summed E-state index contributed by atoms with van der Waals surface area (Å²) in [5.74, 6) is 0.831. The van der Waals surface area contributed by atoms with Crippen LogP contribution in [0.1, 0.15) is 57.8 Å². The van der Waals surface area contributed by atoms with Gasteiger partial charge < -0.3 is 20.3 Å². The van der Waals surface area contributed by atoms with E-state index in [0.717, 1.165) is 43.5 Å². The zero-order valence-corrected chi connectivity index (χ0v) is 21.6. The summed E-state index contributed by atoms with van der Waals surface area (Å²) in [6.07, 6.45) is 12.6. The van der Waals surface area contributed by atoms with Crippen LogP contribution in [0.3, 0.4) is 0 Å². The monoisotopic (exact) mass is 512 g/mol. The number of morpholine rings is 1. The molecule has 4 fully saturated rings. The Morgan fingerprint density at radius 1 is 1.08 bits per heavy atom. The molecular formula is C25H36N8O2S. The van der Waals surface area contributed by atoms with Crippen molar-refractivity contribution in [2.75, 3.05) is 48.3 Å². The molecular weight excluding hydrogens is 476 g/mol. The largest absolute Gasteiger partial charge is 0.375 e. The van der Waals surface area contributed by atoms with Gasteiger partial charge in [0.2, 0.25) is 16.2 Å². The number of amides is 1. The van der Waals surface area contributed by atoms with Gasteiger partial charge in [0.25, 0.3) is 0 Å². The quantitative estimate of drug-likeness (QED) is 0.578. The Kier molecular flexibility index (Phi) is 7.03. The lowest BCUT2D eigenvalue weighted by Crippen LogP contribution is -2.51. The second-order valence-corrected chi connectivity index (χ2v) is 11.9. The minimum Gasteiger partial charge on any atom is -0.375 e. The number of hydrogen-bond donors (Lipinski definition) is 2. The van der Waals surface area contributed by atoms with Crippen LogP contribution in [0.25, 0.3) is 0 Å². The van der Waals surface area contributed by atoms with Crippen molar-refractivity contribution in [2.45, 2.75) is 76.0 Å². The van der Waals surface area contributed by atoms with Crippen LogP contribution in [0.2, 0.25) is 0 Å². The molecule has 11 heteroatoms. The lowest BCUT2D eigenvalue weighted by Gasteiger charge is -2.50. The maximum Gasteiger partial charge on any atom is 0.228 e. The summed E-state index contributed by atoms with van der Waals surface area (Å²) in [5, 5.41) is 24.2. The highest BCUT2D eigenvalue weighted by Gasteiger charge is 2.41. The summed E-state index contributed by atoms with van der Waals surface area (Å²) in [6.45, 7) is 4.28. The summed E-state index contributed by atoms with van der Waals surface area (Å²) in [5.41, 5.74) is 0.686. The van der Waals surface area contributed by atoms with Crippen LogP contribution in [0.5, 0.6) is 0 Å². The fourth-order valence-electron chi connectivity index (χ4n) is 6.39. The van der Waals surface area contributed by atoms with Crippen LogP contribution in [-0.2, 0) is 9.53 Å². The van der Waals surface area contributed by atoms with Crippen molar-refractivity contribution in [1.82, 2.24) is 25.3 Å². The Morgan fingerprint density at radius 3 is 2.72 bits per heavy atom. The average Bonchev–Trinajstić information content (AvgIpc) is 3.53. The molecule has 0 radical (unpaired) electrons. The van der Waals surface area contributed by atoms with Crippen molar-refractivity contribution in [1.29, 1.82) is 0 Å². The molecule has 4 aliphatic rings. The molecule has 6 rings (SSSR count). The number of aromatic nitrogens is 4. The lowest BCUT2D eigenvalue weighted by molar-refractivity contribution is -0.122. The average molecular weight is 513 g/mol. The molecule has 36 heavy (non-hydrogen) atoms. The number of rotatable bonds is 7. The van der Waals surface area contributed by atoms with Crippen LogP contribution in [0.15, 0.2) is 18.3 Å². The van der Waals surface area contributed by atoms with E-state index in [4.69, 9.17) is 4.74 Å². The summed E-state index contributed by atoms with van der Waals surface area (Å²) in [4.78, 5) is 17.5. The Labute approximate surface area is 216 Å². The van der Waals surface area contributed by atoms with Gasteiger partial charge in [0.05, 0.1) is 19.1 Å². The Bertz CT molecular complexity index is 1020. The van der Waals surface area contributed by atoms with Gasteiger partial charge in [-0.15, -0.1) is 15.3 Å². The van der Waals surface area contributed by atoms with Crippen molar-refractivity contribution in [3.63, 3.8) is 0 Å². The SMILES string of the molecule is O=C(C[C@@H]1CN(C2CCC3(CCC3)CC2)CCO1)Nc1nnc(N[C@@H]2CCN(c3cccnn3)C2)s1. The van der Waals surface area contributed by atoms with Gasteiger partial charge in [0.1, 0.15) is 0 Å². The number of ether oxygens (including phenoxy) is 1. The van der Waals surface area contributed by atoms with E-state index in [1.165, 1.54) is 56.3 Å². The van der Waals surface area contributed by atoms with E-state index in [0.29, 0.717) is 29.6 Å². The molecule has 2 atom stereocenters. The number of nitrogens with one attached hydrogen (secondary N) is 2. The molecule has 2 N–H and O–H groups in total. The highest BCUT2D eigenvalue weighted by Crippen LogP contribution is 2.52. The summed E-state index contributed by atoms with van der Waals surface area (Å²) in [6, 6.07) is 4.79. The molecule has 2 aromatic rings. The molecule has 2 aliphatic carbocycles. The fourth-order valence-corrected chi connectivity index (χ4v) is 7.12. The second kappa shape index (κ2) is 10.5. The molecule has 10 nitrogen and oxygen atoms in total. The number of carbonyl (C=O) groups excluding carboxylic acids is 1. The minimum atomic E-state index is -0.0607. The first-order valence-electron chi connectivity index (χ1n) is 13.4. The van der Waals surface area contributed by atoms with Crippen LogP contribution in [0, 0.1) is 5.41 Å². The predicted molar refractivity (Wildman–Crippen MR) is 139 cm³/mol. The molecule has 0 aromatic carbocycles. The predicted octanol–water partition coefficient (Wildman–Crippen LogP) is 3.16. The van der Waals surface area contributed by atoms with E-state index in [-0.39, 0.29) is 18.1 Å². The van der Waals surface area contributed by atoms with Gasteiger partial charge in [-0.05, 0) is 62.5 Å². The number of anilines is 3. The number of carbonyl (C=O) groups is 1. The summed E-state index contributed by atoms with van der Waals surface area (Å²) in [7, 11) is 0. The van der Waals surface area contributed by atoms with E-state index in [9.17, 15) is 4.79 Å². The molecule has 2 saturated carbocycles. The van der Waals surface area contributed by atoms with Crippen molar-refractivity contribution in [2.24, 2.45) is 5.41 Å². The smallest absolute Gasteiger partial charge is 0.228 e. The van der Waals surface area contributed by atoms with Crippen LogP contribution in [0.4, 0.5) is 16.1 Å². The molecule has 2 aliphatic heterocycles. The van der Waals surface area contributed by atoms with Gasteiger partial charge in [0, 0.05) is 44.5 Å². The lowest BCUT2D eigenvalue weighted by atomic mass is 9.60. The molecule has 2 aromatic heterocycles. The molecule has 4 heterocycles. The maximum atomic E-state index is 12.7. The first kappa shape index (κ1) is 24.0. The van der Waals surface area contributed by atoms with Crippen molar-refractivity contribution in [3.05, 3.63) is 18.3 Å². The molecule has 0 bridgehead atoms. The Hall–Kier alpha value is -2.37. The summed E-state index contributed by atoms with van der Waals surface area (Å²) >= 11 is 1.37. The van der Waals surface area contributed by atoms with E-state index in [1.54, 1.807) is 6.20 Å². The molecule has 1 amide bonds. The zero-order valence-electron chi connectivity index (χ0n) is 20.8. The van der Waals surface area contributed by atoms with E-state index >= 15 is 0 Å². The third kappa shape index (κ3) is 5.47. The van der Waals surface area contributed by atoms with E-state index in [1.807, 2.05) is 12.1 Å². The minimum absolute atomic E-state index is 0.0590. The summed E-state index contributed by atoms with van der Waals surface area (Å²) < 4.78 is 5.96. The number of hydrogen-bond acceptors (Lipinski definition) is 10. The van der Waals surface area contributed by atoms with Crippen molar-refractivity contribution in [3.8, 4) is 0 Å². The topological polar surface area (TPSA) is 108 Å². The van der Waals surface area contributed by atoms with Crippen LogP contribution >= 0.6 is 11.3 Å². The van der Waals surface area contributed by atoms with E-state index < -0.39 is 0 Å². The van der Waals surface area contributed by atoms with E-state index in [2.05, 4.69) is 40.8 Å². The fraction of sp³-hybridized carbons (Fsp3) is 0.720. The highest BCUT2D eigenvalue weighted by molar-refractivity contribution is 7.19. The second-order valence-electron chi connectivity index (χ2n) is 10.9. The molecule has 1 spiro atoms. The van der Waals surface area contributed by atoms with Gasteiger partial charge in [0.15, 0.2) is 5.82 Å². The standard InChI is InChI=1S/C25H36N8O2S/c34-22(15-20-17-32(13-14-35-20)19-4-9-25(10-5-19)7-2-8-25)28-24-31-30-23(36-24)27-18-6-12-33(16-18)21-3-1-11-26-29-21/h1,3,11,18-20H,2,4-10,12-17H2,(H,27,30)(H,28,31,34)/t18-,20-/m1/s1. The van der Waals surface area contributed by atoms with Crippen LogP contribution < -0.4 is 15.5 Å². The van der Waals surface area contributed by atoms with Gasteiger partial charge in [-0.3, -0.25) is 9.69 Å². The zero-order chi connectivity index (χ0) is 24.4. The maximum absolute atomic E-state index is 12.7. The Morgan fingerprint density at radius 2 is 1.94 bits per heavy atom. The first-order chi connectivity index (χ1) is 17.6. The third-order valence-corrected chi connectivity index (χ3v) is 9.37. The number of nitrogens with zero attached hydrogens (tertiary/aromatic N) is 6. The van der Waals surface area contributed by atoms with Crippen molar-refractivity contribution >= 4 is 33.3 Å². The van der Waals surface area contributed by atoms with Crippen molar-refractivity contribution < 1.29 is 9.53 Å². The van der Waals surface area contributed by atoms with Crippen LogP contribution in [-0.4, -0.2) is 82.2 Å². The molecule has 2 saturated heterocycles. The van der Waals surface area contributed by atoms with Gasteiger partial charge >= 0.3 is 0 Å². The third-order valence-electron chi connectivity index (χ3n) is 8.60.